The van der Waals surface area contributed by atoms with Crippen molar-refractivity contribution in [3.63, 3.8) is 0 Å². The molecular formula is C14H17N3O4S. The second-order valence-corrected chi connectivity index (χ2v) is 4.39. The number of ether oxygens (including phenoxy) is 3. The van der Waals surface area contributed by atoms with Crippen molar-refractivity contribution in [2.75, 3.05) is 32.7 Å². The molecule has 1 aromatic rings. The predicted molar refractivity (Wildman–Crippen MR) is 85.1 cm³/mol. The number of carbonyl (C=O) groups excluding carboxylic acids is 1. The molecule has 0 aliphatic carbocycles. The Hall–Kier alpha value is -2.53. The van der Waals surface area contributed by atoms with Gasteiger partial charge in [-0.25, -0.2) is 0 Å². The third kappa shape index (κ3) is 4.79. The minimum atomic E-state index is -0.417. The summed E-state index contributed by atoms with van der Waals surface area (Å²) >= 11 is 5.08. The first kappa shape index (κ1) is 17.5. The minimum absolute atomic E-state index is 0.0607. The highest BCUT2D eigenvalue weighted by Crippen LogP contribution is 2.32. The summed E-state index contributed by atoms with van der Waals surface area (Å²) in [6.45, 7) is 1.96. The molecule has 0 aliphatic heterocycles. The van der Waals surface area contributed by atoms with Crippen molar-refractivity contribution < 1.29 is 19.0 Å². The van der Waals surface area contributed by atoms with Gasteiger partial charge in [0.15, 0.2) is 16.6 Å². The first-order valence-electron chi connectivity index (χ1n) is 6.42. The maximum Gasteiger partial charge on any atom is 0.325 e. The van der Waals surface area contributed by atoms with Crippen molar-refractivity contribution in [3.05, 3.63) is 17.7 Å². The molecule has 1 aromatic carbocycles. The van der Waals surface area contributed by atoms with Crippen molar-refractivity contribution in [2.24, 2.45) is 0 Å². The Morgan fingerprint density at radius 2 is 1.95 bits per heavy atom. The SMILES string of the molecule is CCOC(=O)CNC(=S)Nc1cc(OC)c(OC)cc1C#N. The molecule has 0 atom stereocenters. The quantitative estimate of drug-likeness (QED) is 0.600. The molecule has 0 aliphatic rings. The summed E-state index contributed by atoms with van der Waals surface area (Å²) < 4.78 is 15.1. The van der Waals surface area contributed by atoms with Gasteiger partial charge < -0.3 is 24.8 Å². The lowest BCUT2D eigenvalue weighted by Gasteiger charge is -2.14. The summed E-state index contributed by atoms with van der Waals surface area (Å²) in [6, 6.07) is 5.16. The first-order valence-corrected chi connectivity index (χ1v) is 6.83. The van der Waals surface area contributed by atoms with E-state index in [1.807, 2.05) is 6.07 Å². The van der Waals surface area contributed by atoms with Gasteiger partial charge in [-0.3, -0.25) is 4.79 Å². The number of benzene rings is 1. The molecule has 0 fully saturated rings. The van der Waals surface area contributed by atoms with Crippen LogP contribution in [0.2, 0.25) is 0 Å². The van der Waals surface area contributed by atoms with E-state index in [4.69, 9.17) is 26.4 Å². The number of nitrogens with zero attached hydrogens (tertiary/aromatic N) is 1. The van der Waals surface area contributed by atoms with Crippen LogP contribution in [0, 0.1) is 11.3 Å². The van der Waals surface area contributed by atoms with E-state index >= 15 is 0 Å². The smallest absolute Gasteiger partial charge is 0.325 e. The molecule has 0 aromatic heterocycles. The predicted octanol–water partition coefficient (Wildman–Crippen LogP) is 1.42. The van der Waals surface area contributed by atoms with Crippen LogP contribution in [0.1, 0.15) is 12.5 Å². The minimum Gasteiger partial charge on any atom is -0.493 e. The fourth-order valence-corrected chi connectivity index (χ4v) is 1.79. The number of hydrogen-bond donors (Lipinski definition) is 2. The molecular weight excluding hydrogens is 306 g/mol. The van der Waals surface area contributed by atoms with Crippen LogP contribution in [0.5, 0.6) is 11.5 Å². The molecule has 0 radical (unpaired) electrons. The lowest BCUT2D eigenvalue weighted by Crippen LogP contribution is -2.34. The van der Waals surface area contributed by atoms with Gasteiger partial charge in [-0.05, 0) is 19.1 Å². The zero-order chi connectivity index (χ0) is 16.5. The Morgan fingerprint density at radius 3 is 2.50 bits per heavy atom. The van der Waals surface area contributed by atoms with Crippen molar-refractivity contribution in [1.29, 1.82) is 5.26 Å². The highest BCUT2D eigenvalue weighted by atomic mass is 32.1. The molecule has 0 saturated heterocycles. The number of esters is 1. The van der Waals surface area contributed by atoms with Gasteiger partial charge in [0.2, 0.25) is 0 Å². The summed E-state index contributed by atoms with van der Waals surface area (Å²) in [4.78, 5) is 11.2. The van der Waals surface area contributed by atoms with E-state index in [0.29, 0.717) is 29.4 Å². The van der Waals surface area contributed by atoms with Crippen LogP contribution in [-0.2, 0) is 9.53 Å². The van der Waals surface area contributed by atoms with Gasteiger partial charge in [0.05, 0.1) is 32.1 Å². The van der Waals surface area contributed by atoms with Crippen LogP contribution in [0.3, 0.4) is 0 Å². The van der Waals surface area contributed by atoms with Crippen LogP contribution < -0.4 is 20.1 Å². The highest BCUT2D eigenvalue weighted by Gasteiger charge is 2.12. The molecule has 7 nitrogen and oxygen atoms in total. The van der Waals surface area contributed by atoms with E-state index in [1.54, 1.807) is 13.0 Å². The van der Waals surface area contributed by atoms with Crippen molar-refractivity contribution >= 4 is 29.0 Å². The van der Waals surface area contributed by atoms with Crippen molar-refractivity contribution in [1.82, 2.24) is 5.32 Å². The van der Waals surface area contributed by atoms with Crippen LogP contribution in [0.4, 0.5) is 5.69 Å². The normalized spacial score (nSPS) is 9.36. The van der Waals surface area contributed by atoms with Crippen molar-refractivity contribution in [2.45, 2.75) is 6.92 Å². The number of carbonyl (C=O) groups is 1. The summed E-state index contributed by atoms with van der Waals surface area (Å²) in [5, 5.41) is 14.9. The van der Waals surface area contributed by atoms with Crippen LogP contribution in [0.15, 0.2) is 12.1 Å². The van der Waals surface area contributed by atoms with Gasteiger partial charge in [-0.2, -0.15) is 5.26 Å². The monoisotopic (exact) mass is 323 g/mol. The topological polar surface area (TPSA) is 92.6 Å². The molecule has 2 N–H and O–H groups in total. The summed E-state index contributed by atoms with van der Waals surface area (Å²) in [5.74, 6) is 0.478. The van der Waals surface area contributed by atoms with Gasteiger partial charge in [0, 0.05) is 12.1 Å². The molecule has 0 bridgehead atoms. The summed E-state index contributed by atoms with van der Waals surface area (Å²) in [7, 11) is 2.97. The molecule has 0 amide bonds. The maximum atomic E-state index is 11.2. The average molecular weight is 323 g/mol. The van der Waals surface area contributed by atoms with Gasteiger partial charge in [-0.1, -0.05) is 0 Å². The zero-order valence-corrected chi connectivity index (χ0v) is 13.4. The largest absolute Gasteiger partial charge is 0.493 e. The van der Waals surface area contributed by atoms with Crippen LogP contribution in [-0.4, -0.2) is 38.5 Å². The van der Waals surface area contributed by atoms with Gasteiger partial charge in [-0.15, -0.1) is 0 Å². The fourth-order valence-electron chi connectivity index (χ4n) is 1.61. The van der Waals surface area contributed by atoms with Crippen molar-refractivity contribution in [3.8, 4) is 17.6 Å². The molecule has 0 saturated carbocycles. The zero-order valence-electron chi connectivity index (χ0n) is 12.6. The second kappa shape index (κ2) is 8.69. The number of rotatable bonds is 6. The Balaban J connectivity index is 2.82. The number of anilines is 1. The summed E-state index contributed by atoms with van der Waals surface area (Å²) in [6.07, 6.45) is 0. The molecule has 8 heteroatoms. The van der Waals surface area contributed by atoms with E-state index < -0.39 is 5.97 Å². The lowest BCUT2D eigenvalue weighted by molar-refractivity contribution is -0.141. The van der Waals surface area contributed by atoms with Crippen LogP contribution in [0.25, 0.3) is 0 Å². The number of thiocarbonyl (C=S) groups is 1. The first-order chi connectivity index (χ1) is 10.5. The van der Waals surface area contributed by atoms with Crippen LogP contribution >= 0.6 is 12.2 Å². The van der Waals surface area contributed by atoms with E-state index in [9.17, 15) is 10.1 Å². The Kier molecular flexibility index (Phi) is 6.92. The maximum absolute atomic E-state index is 11.2. The molecule has 0 unspecified atom stereocenters. The fraction of sp³-hybridized carbons (Fsp3) is 0.357. The third-order valence-corrected chi connectivity index (χ3v) is 2.84. The number of hydrogen-bond acceptors (Lipinski definition) is 6. The van der Waals surface area contributed by atoms with Gasteiger partial charge in [0.1, 0.15) is 12.6 Å². The van der Waals surface area contributed by atoms with E-state index in [2.05, 4.69) is 10.6 Å². The van der Waals surface area contributed by atoms with E-state index in [-0.39, 0.29) is 11.7 Å². The highest BCUT2D eigenvalue weighted by molar-refractivity contribution is 7.80. The Morgan fingerprint density at radius 1 is 1.32 bits per heavy atom. The Labute approximate surface area is 134 Å². The van der Waals surface area contributed by atoms with Gasteiger partial charge in [0.25, 0.3) is 0 Å². The molecule has 0 spiro atoms. The average Bonchev–Trinajstić information content (AvgIpc) is 2.52. The number of nitriles is 1. The molecule has 22 heavy (non-hydrogen) atoms. The third-order valence-electron chi connectivity index (χ3n) is 2.59. The summed E-state index contributed by atoms with van der Waals surface area (Å²) in [5.41, 5.74) is 0.777. The van der Waals surface area contributed by atoms with E-state index in [0.717, 1.165) is 0 Å². The molecule has 118 valence electrons. The second-order valence-electron chi connectivity index (χ2n) is 3.98. The lowest BCUT2D eigenvalue weighted by atomic mass is 10.1. The van der Waals surface area contributed by atoms with E-state index in [1.165, 1.54) is 20.3 Å². The standard InChI is InChI=1S/C14H17N3O4S/c1-4-21-13(18)8-16-14(22)17-10-6-12(20-3)11(19-2)5-9(10)7-15/h5-6H,4,8H2,1-3H3,(H2,16,17,22). The molecule has 1 rings (SSSR count). The number of methoxy groups -OCH3 is 2. The van der Waals surface area contributed by atoms with Gasteiger partial charge >= 0.3 is 5.97 Å². The Bertz CT molecular complexity index is 598. The number of nitrogens with one attached hydrogen (secondary N) is 2. The molecule has 0 heterocycles.